The van der Waals surface area contributed by atoms with Crippen LogP contribution in [0.1, 0.15) is 43.2 Å². The molecule has 1 unspecified atom stereocenters. The van der Waals surface area contributed by atoms with E-state index >= 15 is 0 Å². The van der Waals surface area contributed by atoms with E-state index in [1.807, 2.05) is 13.8 Å². The van der Waals surface area contributed by atoms with Gasteiger partial charge in [0.1, 0.15) is 5.76 Å². The Balaban J connectivity index is 2.01. The lowest BCUT2D eigenvalue weighted by Gasteiger charge is -2.33. The zero-order chi connectivity index (χ0) is 13.3. The third-order valence-corrected chi connectivity index (χ3v) is 3.75. The Morgan fingerprint density at radius 3 is 2.50 bits per heavy atom. The Labute approximate surface area is 107 Å². The number of piperidine rings is 1. The molecule has 1 saturated heterocycles. The molecule has 2 rings (SSSR count). The highest BCUT2D eigenvalue weighted by Crippen LogP contribution is 2.28. The Kier molecular flexibility index (Phi) is 3.71. The van der Waals surface area contributed by atoms with Crippen LogP contribution >= 0.6 is 0 Å². The second kappa shape index (κ2) is 5.10. The number of oxazole rings is 1. The highest BCUT2D eigenvalue weighted by molar-refractivity contribution is 5.70. The maximum absolute atomic E-state index is 10.9. The average molecular weight is 252 g/mol. The summed E-state index contributed by atoms with van der Waals surface area (Å²) in [4.78, 5) is 17.5. The van der Waals surface area contributed by atoms with Crippen LogP contribution in [0, 0.1) is 19.8 Å². The zero-order valence-electron chi connectivity index (χ0n) is 11.1. The summed E-state index contributed by atoms with van der Waals surface area (Å²) in [5.74, 6) is 0.732. The van der Waals surface area contributed by atoms with Gasteiger partial charge in [0.05, 0.1) is 17.7 Å². The molecule has 1 aromatic rings. The monoisotopic (exact) mass is 252 g/mol. The molecule has 2 heterocycles. The Morgan fingerprint density at radius 1 is 1.44 bits per heavy atom. The predicted molar refractivity (Wildman–Crippen MR) is 66.3 cm³/mol. The minimum atomic E-state index is -0.672. The van der Waals surface area contributed by atoms with Gasteiger partial charge in [-0.25, -0.2) is 4.98 Å². The number of nitrogens with zero attached hydrogens (tertiary/aromatic N) is 2. The molecule has 1 fully saturated rings. The Bertz CT molecular complexity index is 433. The Morgan fingerprint density at radius 2 is 2.06 bits per heavy atom. The molecule has 0 aliphatic carbocycles. The number of carbonyl (C=O) groups is 1. The molecule has 0 bridgehead atoms. The number of carboxylic acid groups (broad SMARTS) is 1. The fraction of sp³-hybridized carbons (Fsp3) is 0.692. The maximum atomic E-state index is 10.9. The standard InChI is InChI=1S/C13H20N2O3/c1-8-12(18-10(3)14-8)9(2)15-6-4-11(5-7-15)13(16)17/h9,11H,4-7H2,1-3H3,(H,16,17). The van der Waals surface area contributed by atoms with Crippen LogP contribution in [-0.4, -0.2) is 34.0 Å². The number of hydrogen-bond acceptors (Lipinski definition) is 4. The summed E-state index contributed by atoms with van der Waals surface area (Å²) >= 11 is 0. The van der Waals surface area contributed by atoms with Crippen LogP contribution in [0.4, 0.5) is 0 Å². The fourth-order valence-electron chi connectivity index (χ4n) is 2.63. The van der Waals surface area contributed by atoms with Crippen LogP contribution in [-0.2, 0) is 4.79 Å². The molecule has 5 nitrogen and oxygen atoms in total. The summed E-state index contributed by atoms with van der Waals surface area (Å²) < 4.78 is 5.63. The summed E-state index contributed by atoms with van der Waals surface area (Å²) in [7, 11) is 0. The van der Waals surface area contributed by atoms with E-state index in [-0.39, 0.29) is 12.0 Å². The first-order valence-electron chi connectivity index (χ1n) is 6.40. The molecular weight excluding hydrogens is 232 g/mol. The SMILES string of the molecule is Cc1nc(C)c(C(C)N2CCC(C(=O)O)CC2)o1. The quantitative estimate of drug-likeness (QED) is 0.892. The topological polar surface area (TPSA) is 66.6 Å². The van der Waals surface area contributed by atoms with Gasteiger partial charge in [-0.1, -0.05) is 0 Å². The third kappa shape index (κ3) is 2.56. The van der Waals surface area contributed by atoms with Gasteiger partial charge in [0.15, 0.2) is 5.89 Å². The first kappa shape index (κ1) is 13.1. The van der Waals surface area contributed by atoms with E-state index in [1.54, 1.807) is 0 Å². The predicted octanol–water partition coefficient (Wildman–Crippen LogP) is 2.15. The van der Waals surface area contributed by atoms with Gasteiger partial charge >= 0.3 is 5.97 Å². The fourth-order valence-corrected chi connectivity index (χ4v) is 2.63. The summed E-state index contributed by atoms with van der Waals surface area (Å²) in [5.41, 5.74) is 0.931. The van der Waals surface area contributed by atoms with E-state index in [4.69, 9.17) is 9.52 Å². The molecule has 5 heteroatoms. The van der Waals surface area contributed by atoms with Gasteiger partial charge in [0, 0.05) is 6.92 Å². The van der Waals surface area contributed by atoms with Crippen molar-refractivity contribution in [2.75, 3.05) is 13.1 Å². The number of aryl methyl sites for hydroxylation is 2. The molecule has 100 valence electrons. The molecule has 0 saturated carbocycles. The lowest BCUT2D eigenvalue weighted by molar-refractivity contribution is -0.143. The first-order valence-corrected chi connectivity index (χ1v) is 6.40. The second-order valence-electron chi connectivity index (χ2n) is 5.01. The summed E-state index contributed by atoms with van der Waals surface area (Å²) in [5, 5.41) is 8.98. The Hall–Kier alpha value is -1.36. The normalized spacial score (nSPS) is 19.9. The molecule has 1 N–H and O–H groups in total. The minimum absolute atomic E-state index is 0.168. The molecule has 0 radical (unpaired) electrons. The smallest absolute Gasteiger partial charge is 0.306 e. The molecule has 0 aromatic carbocycles. The van der Waals surface area contributed by atoms with Gasteiger partial charge in [-0.2, -0.15) is 0 Å². The van der Waals surface area contributed by atoms with Crippen molar-refractivity contribution >= 4 is 5.97 Å². The van der Waals surface area contributed by atoms with Crippen LogP contribution < -0.4 is 0 Å². The van der Waals surface area contributed by atoms with E-state index in [0.717, 1.165) is 24.5 Å². The number of carboxylic acids is 1. The largest absolute Gasteiger partial charge is 0.481 e. The van der Waals surface area contributed by atoms with E-state index in [9.17, 15) is 4.79 Å². The van der Waals surface area contributed by atoms with Crippen LogP contribution in [0.2, 0.25) is 0 Å². The average Bonchev–Trinajstić information content (AvgIpc) is 2.67. The van der Waals surface area contributed by atoms with Crippen molar-refractivity contribution in [1.82, 2.24) is 9.88 Å². The molecule has 1 aliphatic rings. The highest BCUT2D eigenvalue weighted by Gasteiger charge is 2.29. The van der Waals surface area contributed by atoms with Gasteiger partial charge in [-0.05, 0) is 39.8 Å². The van der Waals surface area contributed by atoms with E-state index < -0.39 is 5.97 Å². The summed E-state index contributed by atoms with van der Waals surface area (Å²) in [6.45, 7) is 7.49. The molecular formula is C13H20N2O3. The van der Waals surface area contributed by atoms with E-state index in [1.165, 1.54) is 0 Å². The molecule has 0 amide bonds. The van der Waals surface area contributed by atoms with Crippen LogP contribution in [0.3, 0.4) is 0 Å². The van der Waals surface area contributed by atoms with Crippen molar-refractivity contribution in [1.29, 1.82) is 0 Å². The number of hydrogen-bond donors (Lipinski definition) is 1. The minimum Gasteiger partial charge on any atom is -0.481 e. The molecule has 0 spiro atoms. The van der Waals surface area contributed by atoms with Crippen molar-refractivity contribution in [2.45, 2.75) is 39.7 Å². The highest BCUT2D eigenvalue weighted by atomic mass is 16.4. The third-order valence-electron chi connectivity index (χ3n) is 3.75. The lowest BCUT2D eigenvalue weighted by atomic mass is 9.96. The van der Waals surface area contributed by atoms with Gasteiger partial charge in [0.2, 0.25) is 0 Å². The van der Waals surface area contributed by atoms with Crippen LogP contribution in [0.5, 0.6) is 0 Å². The van der Waals surface area contributed by atoms with Gasteiger partial charge in [-0.15, -0.1) is 0 Å². The van der Waals surface area contributed by atoms with Crippen LogP contribution in [0.15, 0.2) is 4.42 Å². The van der Waals surface area contributed by atoms with Crippen molar-refractivity contribution in [3.05, 3.63) is 17.3 Å². The lowest BCUT2D eigenvalue weighted by Crippen LogP contribution is -2.37. The molecule has 1 atom stereocenters. The number of rotatable bonds is 3. The van der Waals surface area contributed by atoms with E-state index in [0.29, 0.717) is 18.7 Å². The number of aromatic nitrogens is 1. The van der Waals surface area contributed by atoms with Gasteiger partial charge in [-0.3, -0.25) is 9.69 Å². The van der Waals surface area contributed by atoms with Crippen molar-refractivity contribution in [2.24, 2.45) is 5.92 Å². The van der Waals surface area contributed by atoms with Crippen molar-refractivity contribution < 1.29 is 14.3 Å². The maximum Gasteiger partial charge on any atom is 0.306 e. The van der Waals surface area contributed by atoms with Gasteiger partial charge in [0.25, 0.3) is 0 Å². The number of likely N-dealkylation sites (tertiary alicyclic amines) is 1. The molecule has 18 heavy (non-hydrogen) atoms. The van der Waals surface area contributed by atoms with E-state index in [2.05, 4.69) is 16.8 Å². The van der Waals surface area contributed by atoms with Crippen LogP contribution in [0.25, 0.3) is 0 Å². The summed E-state index contributed by atoms with van der Waals surface area (Å²) in [6.07, 6.45) is 1.43. The second-order valence-corrected chi connectivity index (χ2v) is 5.01. The summed E-state index contributed by atoms with van der Waals surface area (Å²) in [6, 6.07) is 0.168. The van der Waals surface area contributed by atoms with Crippen molar-refractivity contribution in [3.63, 3.8) is 0 Å². The first-order chi connectivity index (χ1) is 8.49. The zero-order valence-corrected chi connectivity index (χ0v) is 11.1. The number of aliphatic carboxylic acids is 1. The van der Waals surface area contributed by atoms with Gasteiger partial charge < -0.3 is 9.52 Å². The van der Waals surface area contributed by atoms with Crippen molar-refractivity contribution in [3.8, 4) is 0 Å². The molecule has 1 aliphatic heterocycles. The molecule has 1 aromatic heterocycles.